The van der Waals surface area contributed by atoms with E-state index in [1.165, 1.54) is 0 Å². The first kappa shape index (κ1) is 37.1. The molecule has 0 aliphatic carbocycles. The van der Waals surface area contributed by atoms with Crippen LogP contribution >= 0.6 is 25.3 Å². The first-order chi connectivity index (χ1) is 21.8. The minimum Gasteiger partial charge on any atom is -0.465 e. The molecule has 1 amide bonds. The number of nitrogens with zero attached hydrogens (tertiary/aromatic N) is 4. The summed E-state index contributed by atoms with van der Waals surface area (Å²) in [5, 5.41) is 1.41. The molecular weight excluding hydrogens is 645 g/mol. The molecule has 11 nitrogen and oxygen atoms in total. The van der Waals surface area contributed by atoms with E-state index >= 15 is 0 Å². The van der Waals surface area contributed by atoms with E-state index in [0.717, 1.165) is 48.0 Å². The summed E-state index contributed by atoms with van der Waals surface area (Å²) in [6.07, 6.45) is 5.86. The quantitative estimate of drug-likeness (QED) is 0.0483. The van der Waals surface area contributed by atoms with Gasteiger partial charge in [-0.3, -0.25) is 9.59 Å². The van der Waals surface area contributed by atoms with Crippen LogP contribution in [-0.2, 0) is 30.9 Å². The molecule has 3 rings (SSSR count). The Hall–Kier alpha value is -3.33. The number of hydrogen-bond donors (Lipinski definition) is 4. The van der Waals surface area contributed by atoms with E-state index in [1.54, 1.807) is 36.2 Å². The van der Waals surface area contributed by atoms with E-state index in [0.29, 0.717) is 35.4 Å². The highest BCUT2D eigenvalue weighted by molar-refractivity contribution is 7.99. The zero-order valence-electron chi connectivity index (χ0n) is 26.8. The molecule has 3 aromatic rings. The number of nitrogens with two attached hydrogens (primary N) is 1. The number of rotatable bonds is 18. The van der Waals surface area contributed by atoms with Gasteiger partial charge in [0.05, 0.1) is 24.5 Å². The fraction of sp³-hybridized carbons (Fsp3) is 0.438. The number of aromatic nitrogens is 2. The molecule has 0 aliphatic heterocycles. The van der Waals surface area contributed by atoms with Crippen LogP contribution in [0.2, 0.25) is 0 Å². The molecule has 250 valence electrons. The number of hydrogen-bond acceptors (Lipinski definition) is 11. The van der Waals surface area contributed by atoms with Crippen molar-refractivity contribution in [3.8, 4) is 0 Å². The van der Waals surface area contributed by atoms with Gasteiger partial charge in [-0.1, -0.05) is 30.7 Å². The number of fused-ring (bicyclic) bond motifs is 1. The van der Waals surface area contributed by atoms with E-state index in [1.807, 2.05) is 44.1 Å². The summed E-state index contributed by atoms with van der Waals surface area (Å²) in [6.45, 7) is 3.76. The van der Waals surface area contributed by atoms with Crippen molar-refractivity contribution in [3.63, 3.8) is 0 Å². The van der Waals surface area contributed by atoms with Crippen LogP contribution in [0.1, 0.15) is 56.8 Å². The van der Waals surface area contributed by atoms with Gasteiger partial charge in [-0.15, -0.1) is 0 Å². The van der Waals surface area contributed by atoms with Gasteiger partial charge < -0.3 is 20.3 Å². The Balaban J connectivity index is 1.62. The van der Waals surface area contributed by atoms with Gasteiger partial charge >= 0.3 is 5.97 Å². The van der Waals surface area contributed by atoms with Gasteiger partial charge in [-0.2, -0.15) is 25.3 Å². The molecule has 0 atom stereocenters. The Morgan fingerprint density at radius 2 is 1.80 bits per heavy atom. The van der Waals surface area contributed by atoms with Crippen molar-refractivity contribution in [1.82, 2.24) is 19.6 Å². The average molecular weight is 689 g/mol. The van der Waals surface area contributed by atoms with Crippen molar-refractivity contribution in [2.75, 3.05) is 37.9 Å². The van der Waals surface area contributed by atoms with Gasteiger partial charge in [0.2, 0.25) is 16.4 Å². The predicted molar refractivity (Wildman–Crippen MR) is 189 cm³/mol. The summed E-state index contributed by atoms with van der Waals surface area (Å²) in [4.78, 5) is 36.7. The van der Waals surface area contributed by atoms with Crippen molar-refractivity contribution in [3.05, 3.63) is 65.3 Å². The number of anilines is 2. The van der Waals surface area contributed by atoms with Crippen LogP contribution in [0.4, 0.5) is 11.5 Å². The zero-order valence-corrected chi connectivity index (χ0v) is 29.4. The minimum atomic E-state index is -3.88. The molecule has 0 radical (unpaired) electrons. The van der Waals surface area contributed by atoms with E-state index < -0.39 is 16.0 Å². The number of amides is 1. The molecule has 0 saturated heterocycles. The Bertz CT molecular complexity index is 1650. The van der Waals surface area contributed by atoms with Crippen LogP contribution in [0.15, 0.2) is 58.8 Å². The summed E-state index contributed by atoms with van der Waals surface area (Å²) >= 11 is 8.66. The zero-order chi connectivity index (χ0) is 33.9. The number of sulfonamides is 1. The van der Waals surface area contributed by atoms with Gasteiger partial charge in [0.1, 0.15) is 11.6 Å². The first-order valence-electron chi connectivity index (χ1n) is 15.0. The number of nitrogen functional groups attached to an aromatic ring is 1. The molecule has 0 unspecified atom stereocenters. The molecule has 46 heavy (non-hydrogen) atoms. The highest BCUT2D eigenvalue weighted by Gasteiger charge is 2.19. The molecule has 2 aromatic carbocycles. The molecule has 0 aliphatic rings. The van der Waals surface area contributed by atoms with Crippen LogP contribution in [0.5, 0.6) is 0 Å². The molecule has 0 bridgehead atoms. The summed E-state index contributed by atoms with van der Waals surface area (Å²) in [5.41, 5.74) is 9.27. The van der Waals surface area contributed by atoms with Crippen LogP contribution in [0.3, 0.4) is 0 Å². The number of thiol groups is 2. The lowest BCUT2D eigenvalue weighted by molar-refractivity contribution is -0.143. The SMILES string of the molecule is CC(=C(CCCCC(S)S)CCOC(=O)CCNS(=O)(=O)c1cccc2c(N(C)C)cccc12)N(C=O)Cc1cnc(C)nc1N. The Morgan fingerprint density at radius 3 is 2.48 bits per heavy atom. The van der Waals surface area contributed by atoms with Crippen molar-refractivity contribution in [2.45, 2.75) is 68.4 Å². The average Bonchev–Trinajstić information content (AvgIpc) is 3.00. The van der Waals surface area contributed by atoms with Crippen molar-refractivity contribution >= 4 is 69.9 Å². The van der Waals surface area contributed by atoms with Crippen molar-refractivity contribution in [1.29, 1.82) is 0 Å². The number of carbonyl (C=O) groups excluding carboxylic acids is 2. The number of allylic oxidation sites excluding steroid dienone is 1. The standard InChI is InChI=1S/C32H44N6O5S3/c1-22(38(21-39)20-25-19-34-23(2)36-32(25)33)24(9-5-6-14-31(44)45)16-18-43-30(40)15-17-35-46(41,42)29-13-8-10-26-27(29)11-7-12-28(26)37(3)4/h7-8,10-13,19,21,31,35,44-45H,5-6,9,14-18,20H2,1-4H3,(H2,33,34,36). The molecule has 0 saturated carbocycles. The number of benzene rings is 2. The predicted octanol–water partition coefficient (Wildman–Crippen LogP) is 4.87. The summed E-state index contributed by atoms with van der Waals surface area (Å²) in [6, 6.07) is 10.6. The Labute approximate surface area is 282 Å². The third-order valence-electron chi connectivity index (χ3n) is 7.54. The van der Waals surface area contributed by atoms with E-state index in [2.05, 4.69) is 39.9 Å². The number of carbonyl (C=O) groups is 2. The number of unbranched alkanes of at least 4 members (excludes halogenated alkanes) is 1. The highest BCUT2D eigenvalue weighted by Crippen LogP contribution is 2.30. The molecule has 0 fully saturated rings. The van der Waals surface area contributed by atoms with Crippen LogP contribution in [0, 0.1) is 6.92 Å². The third kappa shape index (κ3) is 10.6. The molecular formula is C32H44N6O5S3. The van der Waals surface area contributed by atoms with Gasteiger partial charge in [0.15, 0.2) is 0 Å². The van der Waals surface area contributed by atoms with Crippen LogP contribution < -0.4 is 15.4 Å². The number of aryl methyl sites for hydroxylation is 1. The molecule has 1 aromatic heterocycles. The van der Waals surface area contributed by atoms with Gasteiger partial charge in [0, 0.05) is 65.6 Å². The van der Waals surface area contributed by atoms with E-state index in [-0.39, 0.29) is 35.6 Å². The number of nitrogens with one attached hydrogen (secondary N) is 1. The lowest BCUT2D eigenvalue weighted by Crippen LogP contribution is -2.27. The second kappa shape index (κ2) is 17.5. The maximum atomic E-state index is 13.2. The normalized spacial score (nSPS) is 12.2. The van der Waals surface area contributed by atoms with Crippen LogP contribution in [-0.4, -0.2) is 67.5 Å². The second-order valence-corrected chi connectivity index (χ2v) is 14.5. The summed E-state index contributed by atoms with van der Waals surface area (Å²) in [5.74, 6) is 0.322. The Morgan fingerprint density at radius 1 is 1.09 bits per heavy atom. The van der Waals surface area contributed by atoms with E-state index in [9.17, 15) is 18.0 Å². The lowest BCUT2D eigenvalue weighted by atomic mass is 10.0. The Kier molecular flexibility index (Phi) is 14.2. The smallest absolute Gasteiger partial charge is 0.307 e. The van der Waals surface area contributed by atoms with Gasteiger partial charge in [-0.25, -0.2) is 23.1 Å². The summed E-state index contributed by atoms with van der Waals surface area (Å²) in [7, 11) is -0.0853. The molecule has 0 spiro atoms. The summed E-state index contributed by atoms with van der Waals surface area (Å²) < 4.78 is 34.3. The lowest BCUT2D eigenvalue weighted by Gasteiger charge is -2.23. The first-order valence-corrected chi connectivity index (χ1v) is 17.5. The maximum Gasteiger partial charge on any atom is 0.307 e. The molecule has 14 heteroatoms. The monoisotopic (exact) mass is 688 g/mol. The largest absolute Gasteiger partial charge is 0.465 e. The number of ether oxygens (including phenoxy) is 1. The molecule has 3 N–H and O–H groups in total. The highest BCUT2D eigenvalue weighted by atomic mass is 32.2. The van der Waals surface area contributed by atoms with Gasteiger partial charge in [0.25, 0.3) is 0 Å². The van der Waals surface area contributed by atoms with Crippen molar-refractivity contribution in [2.24, 2.45) is 0 Å². The van der Waals surface area contributed by atoms with Crippen molar-refractivity contribution < 1.29 is 22.7 Å². The second-order valence-electron chi connectivity index (χ2n) is 11.1. The number of esters is 1. The fourth-order valence-electron chi connectivity index (χ4n) is 5.02. The topological polar surface area (TPSA) is 148 Å². The third-order valence-corrected chi connectivity index (χ3v) is 9.57. The molecule has 1 heterocycles. The minimum absolute atomic E-state index is 0.0148. The fourth-order valence-corrected chi connectivity index (χ4v) is 6.64. The maximum absolute atomic E-state index is 13.2. The van der Waals surface area contributed by atoms with E-state index in [4.69, 9.17) is 10.5 Å². The van der Waals surface area contributed by atoms with Crippen LogP contribution in [0.25, 0.3) is 10.8 Å². The van der Waals surface area contributed by atoms with Gasteiger partial charge in [-0.05, 0) is 50.8 Å².